The van der Waals surface area contributed by atoms with Crippen LogP contribution >= 0.6 is 0 Å². The fourth-order valence-electron chi connectivity index (χ4n) is 3.20. The van der Waals surface area contributed by atoms with Gasteiger partial charge in [0.1, 0.15) is 5.69 Å². The van der Waals surface area contributed by atoms with E-state index in [2.05, 4.69) is 43.2 Å². The third kappa shape index (κ3) is 3.69. The van der Waals surface area contributed by atoms with Gasteiger partial charge in [-0.05, 0) is 29.5 Å². The number of carbonyl (C=O) groups excluding carboxylic acids is 1. The van der Waals surface area contributed by atoms with Gasteiger partial charge in [-0.2, -0.15) is 0 Å². The standard InChI is InChI=1S/C19H24N2O4/c1-18(2,3)13-5-4-12-8-15(20-14(12)9-13)17(24)21-19(10-16(22)23)6-7-25-11-19/h4-5,8-9,20H,6-7,10-11H2,1-3H3,(H,21,24)(H,22,23). The van der Waals surface area contributed by atoms with Crippen LogP contribution in [0.1, 0.15) is 49.7 Å². The van der Waals surface area contributed by atoms with E-state index in [9.17, 15) is 9.59 Å². The van der Waals surface area contributed by atoms with Crippen LogP contribution in [0.25, 0.3) is 10.9 Å². The summed E-state index contributed by atoms with van der Waals surface area (Å²) in [5.41, 5.74) is 1.69. The Hall–Kier alpha value is -2.34. The first kappa shape index (κ1) is 17.5. The number of aliphatic carboxylic acids is 1. The van der Waals surface area contributed by atoms with Crippen molar-refractivity contribution in [1.82, 2.24) is 10.3 Å². The zero-order chi connectivity index (χ0) is 18.2. The van der Waals surface area contributed by atoms with Crippen LogP contribution in [0, 0.1) is 0 Å². The highest BCUT2D eigenvalue weighted by molar-refractivity contribution is 5.98. The first-order valence-electron chi connectivity index (χ1n) is 8.44. The van der Waals surface area contributed by atoms with E-state index in [0.717, 1.165) is 10.9 Å². The summed E-state index contributed by atoms with van der Waals surface area (Å²) in [6.07, 6.45) is 0.354. The monoisotopic (exact) mass is 344 g/mol. The summed E-state index contributed by atoms with van der Waals surface area (Å²) in [5.74, 6) is -1.25. The number of aromatic nitrogens is 1. The topological polar surface area (TPSA) is 91.4 Å². The smallest absolute Gasteiger partial charge is 0.305 e. The molecular weight excluding hydrogens is 320 g/mol. The highest BCUT2D eigenvalue weighted by atomic mass is 16.5. The Bertz CT molecular complexity index is 810. The number of amides is 1. The Morgan fingerprint density at radius 3 is 2.68 bits per heavy atom. The third-order valence-corrected chi connectivity index (χ3v) is 4.70. The normalized spacial score (nSPS) is 20.8. The molecule has 0 bridgehead atoms. The molecule has 1 aliphatic rings. The van der Waals surface area contributed by atoms with Crippen LogP contribution in [0.3, 0.4) is 0 Å². The molecule has 3 N–H and O–H groups in total. The van der Waals surface area contributed by atoms with Crippen molar-refractivity contribution in [2.75, 3.05) is 13.2 Å². The molecule has 1 aromatic carbocycles. The summed E-state index contributed by atoms with van der Waals surface area (Å²) >= 11 is 0. The summed E-state index contributed by atoms with van der Waals surface area (Å²) in [6, 6.07) is 7.91. The van der Waals surface area contributed by atoms with E-state index in [-0.39, 0.29) is 24.3 Å². The molecule has 1 aliphatic heterocycles. The van der Waals surface area contributed by atoms with Gasteiger partial charge in [-0.25, -0.2) is 0 Å². The van der Waals surface area contributed by atoms with Gasteiger partial charge >= 0.3 is 5.97 Å². The van der Waals surface area contributed by atoms with Gasteiger partial charge in [0, 0.05) is 17.5 Å². The SMILES string of the molecule is CC(C)(C)c1ccc2cc(C(=O)NC3(CC(=O)O)CCOC3)[nH]c2c1. The number of ether oxygens (including phenoxy) is 1. The van der Waals surface area contributed by atoms with Crippen LogP contribution in [0.2, 0.25) is 0 Å². The lowest BCUT2D eigenvalue weighted by Crippen LogP contribution is -2.50. The Kier molecular flexibility index (Phi) is 4.33. The summed E-state index contributed by atoms with van der Waals surface area (Å²) in [5, 5.41) is 13.0. The minimum atomic E-state index is -0.947. The van der Waals surface area contributed by atoms with Gasteiger partial charge in [-0.1, -0.05) is 32.9 Å². The lowest BCUT2D eigenvalue weighted by atomic mass is 9.87. The molecule has 6 heteroatoms. The molecule has 134 valence electrons. The predicted molar refractivity (Wildman–Crippen MR) is 94.9 cm³/mol. The molecule has 0 aliphatic carbocycles. The largest absolute Gasteiger partial charge is 0.481 e. The van der Waals surface area contributed by atoms with Gasteiger partial charge in [-0.3, -0.25) is 9.59 Å². The number of carbonyl (C=O) groups is 2. The maximum atomic E-state index is 12.6. The summed E-state index contributed by atoms with van der Waals surface area (Å²) in [4.78, 5) is 26.9. The van der Waals surface area contributed by atoms with Crippen molar-refractivity contribution in [2.24, 2.45) is 0 Å². The number of aromatic amines is 1. The first-order chi connectivity index (χ1) is 11.7. The second-order valence-electron chi connectivity index (χ2n) is 7.84. The van der Waals surface area contributed by atoms with Crippen LogP contribution in [-0.4, -0.2) is 40.7 Å². The zero-order valence-electron chi connectivity index (χ0n) is 14.8. The number of hydrogen-bond donors (Lipinski definition) is 3. The average molecular weight is 344 g/mol. The van der Waals surface area contributed by atoms with Crippen molar-refractivity contribution in [2.45, 2.75) is 44.6 Å². The van der Waals surface area contributed by atoms with Gasteiger partial charge in [0.15, 0.2) is 0 Å². The quantitative estimate of drug-likeness (QED) is 0.795. The van der Waals surface area contributed by atoms with E-state index in [1.807, 2.05) is 6.07 Å². The van der Waals surface area contributed by atoms with Crippen LogP contribution in [0.15, 0.2) is 24.3 Å². The lowest BCUT2D eigenvalue weighted by molar-refractivity contribution is -0.138. The van der Waals surface area contributed by atoms with Crippen molar-refractivity contribution in [1.29, 1.82) is 0 Å². The third-order valence-electron chi connectivity index (χ3n) is 4.70. The molecule has 0 saturated carbocycles. The number of rotatable bonds is 4. The van der Waals surface area contributed by atoms with Crippen LogP contribution in [0.5, 0.6) is 0 Å². The van der Waals surface area contributed by atoms with Crippen molar-refractivity contribution < 1.29 is 19.4 Å². The molecule has 1 unspecified atom stereocenters. The molecular formula is C19H24N2O4. The van der Waals surface area contributed by atoms with E-state index < -0.39 is 11.5 Å². The molecule has 0 radical (unpaired) electrons. The summed E-state index contributed by atoms with van der Waals surface area (Å²) in [7, 11) is 0. The number of carboxylic acid groups (broad SMARTS) is 1. The Labute approximate surface area is 146 Å². The number of hydrogen-bond acceptors (Lipinski definition) is 3. The Balaban J connectivity index is 1.85. The molecule has 1 atom stereocenters. The average Bonchev–Trinajstić information content (AvgIpc) is 3.11. The maximum absolute atomic E-state index is 12.6. The highest BCUT2D eigenvalue weighted by Crippen LogP contribution is 2.27. The summed E-state index contributed by atoms with van der Waals surface area (Å²) < 4.78 is 5.32. The maximum Gasteiger partial charge on any atom is 0.305 e. The molecule has 1 amide bonds. The van der Waals surface area contributed by atoms with Crippen molar-refractivity contribution in [3.05, 3.63) is 35.5 Å². The molecule has 1 fully saturated rings. The molecule has 0 spiro atoms. The lowest BCUT2D eigenvalue weighted by Gasteiger charge is -2.26. The van der Waals surface area contributed by atoms with E-state index in [0.29, 0.717) is 18.7 Å². The molecule has 1 aromatic heterocycles. The van der Waals surface area contributed by atoms with Gasteiger partial charge in [-0.15, -0.1) is 0 Å². The number of carboxylic acids is 1. The van der Waals surface area contributed by atoms with Gasteiger partial charge in [0.05, 0.1) is 18.6 Å². The van der Waals surface area contributed by atoms with Crippen LogP contribution in [0.4, 0.5) is 0 Å². The molecule has 3 rings (SSSR count). The minimum Gasteiger partial charge on any atom is -0.481 e. The van der Waals surface area contributed by atoms with Crippen molar-refractivity contribution in [3.8, 4) is 0 Å². The molecule has 1 saturated heterocycles. The second-order valence-corrected chi connectivity index (χ2v) is 7.84. The predicted octanol–water partition coefficient (Wildman–Crippen LogP) is 2.83. The molecule has 25 heavy (non-hydrogen) atoms. The fraction of sp³-hybridized carbons (Fsp3) is 0.474. The first-order valence-corrected chi connectivity index (χ1v) is 8.44. The van der Waals surface area contributed by atoms with Gasteiger partial charge < -0.3 is 20.1 Å². The number of nitrogens with one attached hydrogen (secondary N) is 2. The van der Waals surface area contributed by atoms with Gasteiger partial charge in [0.25, 0.3) is 5.91 Å². The van der Waals surface area contributed by atoms with Crippen LogP contribution in [-0.2, 0) is 14.9 Å². The van der Waals surface area contributed by atoms with E-state index in [1.165, 1.54) is 5.56 Å². The zero-order valence-corrected chi connectivity index (χ0v) is 14.8. The molecule has 6 nitrogen and oxygen atoms in total. The van der Waals surface area contributed by atoms with E-state index in [1.54, 1.807) is 6.07 Å². The highest BCUT2D eigenvalue weighted by Gasteiger charge is 2.39. The number of fused-ring (bicyclic) bond motifs is 1. The number of H-pyrrole nitrogens is 1. The van der Waals surface area contributed by atoms with Crippen LogP contribution < -0.4 is 5.32 Å². The molecule has 2 aromatic rings. The Morgan fingerprint density at radius 1 is 1.32 bits per heavy atom. The number of benzene rings is 1. The Morgan fingerprint density at radius 2 is 2.08 bits per heavy atom. The van der Waals surface area contributed by atoms with Crippen molar-refractivity contribution >= 4 is 22.8 Å². The minimum absolute atomic E-state index is 0.0223. The van der Waals surface area contributed by atoms with Gasteiger partial charge in [0.2, 0.25) is 0 Å². The fourth-order valence-corrected chi connectivity index (χ4v) is 3.20. The summed E-state index contributed by atoms with van der Waals surface area (Å²) in [6.45, 7) is 7.09. The second kappa shape index (κ2) is 6.19. The van der Waals surface area contributed by atoms with E-state index in [4.69, 9.17) is 9.84 Å². The van der Waals surface area contributed by atoms with E-state index >= 15 is 0 Å². The molecule has 2 heterocycles. The van der Waals surface area contributed by atoms with Crippen molar-refractivity contribution in [3.63, 3.8) is 0 Å².